The summed E-state index contributed by atoms with van der Waals surface area (Å²) in [5.74, 6) is -5.97. The average molecular weight is 307 g/mol. The van der Waals surface area contributed by atoms with Gasteiger partial charge in [-0.3, -0.25) is 4.79 Å². The molecule has 0 bridgehead atoms. The molecule has 0 heterocycles. The largest absolute Gasteiger partial charge is 0.477 e. The van der Waals surface area contributed by atoms with Crippen LogP contribution in [-0.4, -0.2) is 37.7 Å². The number of hydrogen-bond acceptors (Lipinski definition) is 4. The van der Waals surface area contributed by atoms with Crippen molar-refractivity contribution < 1.29 is 31.9 Å². The summed E-state index contributed by atoms with van der Waals surface area (Å²) in [5, 5.41) is 9.11. The minimum absolute atomic E-state index is 0.524. The summed E-state index contributed by atoms with van der Waals surface area (Å²) in [6.45, 7) is 1.01. The van der Waals surface area contributed by atoms with Gasteiger partial charge >= 0.3 is 5.97 Å². The van der Waals surface area contributed by atoms with Crippen LogP contribution in [0.1, 0.15) is 17.3 Å². The van der Waals surface area contributed by atoms with Gasteiger partial charge in [-0.15, -0.1) is 0 Å². The number of carbonyl (C=O) groups is 2. The van der Waals surface area contributed by atoms with Crippen LogP contribution in [0.25, 0.3) is 0 Å². The molecule has 110 valence electrons. The highest BCUT2D eigenvalue weighted by Gasteiger charge is 2.34. The summed E-state index contributed by atoms with van der Waals surface area (Å²) < 4.78 is 51.1. The fraction of sp³-hybridized carbons (Fsp3) is 0.273. The lowest BCUT2D eigenvalue weighted by atomic mass is 10.2. The zero-order valence-electron chi connectivity index (χ0n) is 10.5. The Hall–Kier alpha value is -2.03. The molecule has 1 atom stereocenters. The van der Waals surface area contributed by atoms with Crippen LogP contribution in [-0.2, 0) is 14.6 Å². The number of aromatic carboxylic acids is 1. The van der Waals surface area contributed by atoms with Gasteiger partial charge in [0.25, 0.3) is 0 Å². The number of nitrogens with one attached hydrogen (secondary N) is 1. The lowest BCUT2D eigenvalue weighted by Crippen LogP contribution is -2.36. The van der Waals surface area contributed by atoms with Crippen molar-refractivity contribution in [2.24, 2.45) is 0 Å². The van der Waals surface area contributed by atoms with Crippen LogP contribution in [0.2, 0.25) is 0 Å². The minimum atomic E-state index is -4.47. The Kier molecular flexibility index (Phi) is 4.43. The van der Waals surface area contributed by atoms with Crippen molar-refractivity contribution in [3.63, 3.8) is 0 Å². The first kappa shape index (κ1) is 16.0. The van der Waals surface area contributed by atoms with E-state index in [4.69, 9.17) is 5.11 Å². The van der Waals surface area contributed by atoms with E-state index in [2.05, 4.69) is 5.32 Å². The van der Waals surface area contributed by atoms with Crippen molar-refractivity contribution in [3.05, 3.63) is 29.3 Å². The highest BCUT2D eigenvalue weighted by Crippen LogP contribution is 2.24. The fourth-order valence-corrected chi connectivity index (χ4v) is 2.87. The van der Waals surface area contributed by atoms with Crippen LogP contribution in [0.4, 0.5) is 8.78 Å². The molecule has 1 amide bonds. The molecule has 1 aromatic rings. The topological polar surface area (TPSA) is 101 Å². The van der Waals surface area contributed by atoms with Crippen molar-refractivity contribution in [1.82, 2.24) is 5.32 Å². The molecule has 2 N–H and O–H groups in total. The Morgan fingerprint density at radius 1 is 1.30 bits per heavy atom. The monoisotopic (exact) mass is 307 g/mol. The van der Waals surface area contributed by atoms with E-state index in [-0.39, 0.29) is 0 Å². The van der Waals surface area contributed by atoms with Gasteiger partial charge in [0, 0.05) is 7.05 Å². The molecular formula is C11H11F2NO5S. The molecule has 0 radical (unpaired) electrons. The quantitative estimate of drug-likeness (QED) is 0.792. The number of carboxylic acid groups (broad SMARTS) is 1. The van der Waals surface area contributed by atoms with Gasteiger partial charge in [0.1, 0.15) is 21.5 Å². The Balaban J connectivity index is 3.52. The van der Waals surface area contributed by atoms with E-state index >= 15 is 0 Å². The Labute approximate surface area is 113 Å². The molecule has 1 rings (SSSR count). The number of carbonyl (C=O) groups excluding carboxylic acids is 1. The van der Waals surface area contributed by atoms with Crippen molar-refractivity contribution in [2.75, 3.05) is 7.05 Å². The molecule has 1 aromatic carbocycles. The lowest BCUT2D eigenvalue weighted by Gasteiger charge is -2.13. The van der Waals surface area contributed by atoms with E-state index in [1.54, 1.807) is 0 Å². The summed E-state index contributed by atoms with van der Waals surface area (Å²) in [6, 6.07) is 1.11. The molecule has 1 unspecified atom stereocenters. The third-order valence-corrected chi connectivity index (χ3v) is 4.73. The first-order valence-corrected chi connectivity index (χ1v) is 6.86. The summed E-state index contributed by atoms with van der Waals surface area (Å²) in [5.41, 5.74) is -1.38. The molecular weight excluding hydrogens is 296 g/mol. The summed E-state index contributed by atoms with van der Waals surface area (Å²) in [6.07, 6.45) is 0. The fourth-order valence-electron chi connectivity index (χ4n) is 1.48. The van der Waals surface area contributed by atoms with Gasteiger partial charge in [-0.25, -0.2) is 22.0 Å². The molecule has 0 aliphatic rings. The van der Waals surface area contributed by atoms with E-state index in [9.17, 15) is 26.8 Å². The number of benzene rings is 1. The van der Waals surface area contributed by atoms with E-state index in [1.807, 2.05) is 0 Å². The summed E-state index contributed by atoms with van der Waals surface area (Å²) in [7, 11) is -3.28. The van der Waals surface area contributed by atoms with Crippen molar-refractivity contribution >= 4 is 21.7 Å². The second-order valence-corrected chi connectivity index (χ2v) is 6.08. The highest BCUT2D eigenvalue weighted by molar-refractivity contribution is 7.92. The van der Waals surface area contributed by atoms with Crippen LogP contribution in [0.15, 0.2) is 17.0 Å². The number of sulfone groups is 1. The van der Waals surface area contributed by atoms with Crippen LogP contribution >= 0.6 is 0 Å². The normalized spacial score (nSPS) is 12.8. The van der Waals surface area contributed by atoms with Crippen LogP contribution < -0.4 is 5.32 Å². The third-order valence-electron chi connectivity index (χ3n) is 2.66. The minimum Gasteiger partial charge on any atom is -0.477 e. The molecule has 6 nitrogen and oxygen atoms in total. The Morgan fingerprint density at radius 3 is 2.30 bits per heavy atom. The predicted molar refractivity (Wildman–Crippen MR) is 64.0 cm³/mol. The van der Waals surface area contributed by atoms with Crippen LogP contribution in [0.3, 0.4) is 0 Å². The lowest BCUT2D eigenvalue weighted by molar-refractivity contribution is -0.119. The van der Waals surface area contributed by atoms with Gasteiger partial charge in [-0.1, -0.05) is 0 Å². The smallest absolute Gasteiger partial charge is 0.341 e. The van der Waals surface area contributed by atoms with E-state index in [0.29, 0.717) is 12.1 Å². The molecule has 9 heteroatoms. The molecule has 0 saturated heterocycles. The Bertz CT molecular complexity index is 672. The average Bonchev–Trinajstić information content (AvgIpc) is 2.36. The van der Waals surface area contributed by atoms with Crippen molar-refractivity contribution in [1.29, 1.82) is 0 Å². The number of halogens is 2. The Morgan fingerprint density at radius 2 is 1.85 bits per heavy atom. The third kappa shape index (κ3) is 2.62. The molecule has 0 aromatic heterocycles. The highest BCUT2D eigenvalue weighted by atomic mass is 32.2. The zero-order chi connectivity index (χ0) is 15.7. The van der Waals surface area contributed by atoms with Gasteiger partial charge in [-0.2, -0.15) is 0 Å². The standard InChI is InChI=1S/C11H11F2NO5S/c1-5(10(15)14-2)20(18,19)7-4-3-6(12)8(9(7)13)11(16)17/h3-5H,1-2H3,(H,14,15)(H,16,17). The number of hydrogen-bond donors (Lipinski definition) is 2. The maximum atomic E-state index is 13.9. The maximum Gasteiger partial charge on any atom is 0.341 e. The second kappa shape index (κ2) is 5.53. The predicted octanol–water partition coefficient (Wildman–Crippen LogP) is 0.571. The summed E-state index contributed by atoms with van der Waals surface area (Å²) >= 11 is 0. The number of rotatable bonds is 4. The van der Waals surface area contributed by atoms with Crippen LogP contribution in [0.5, 0.6) is 0 Å². The molecule has 0 aliphatic heterocycles. The van der Waals surface area contributed by atoms with Gasteiger partial charge in [0.15, 0.2) is 15.7 Å². The van der Waals surface area contributed by atoms with Gasteiger partial charge in [0.05, 0.1) is 0 Å². The van der Waals surface area contributed by atoms with E-state index < -0.39 is 49.1 Å². The maximum absolute atomic E-state index is 13.9. The number of amides is 1. The van der Waals surface area contributed by atoms with E-state index in [0.717, 1.165) is 6.92 Å². The zero-order valence-corrected chi connectivity index (χ0v) is 11.3. The first-order chi connectivity index (χ1) is 9.14. The number of carboxylic acids is 1. The van der Waals surface area contributed by atoms with Gasteiger partial charge in [-0.05, 0) is 19.1 Å². The first-order valence-electron chi connectivity index (χ1n) is 5.31. The molecule has 20 heavy (non-hydrogen) atoms. The van der Waals surface area contributed by atoms with Crippen LogP contribution in [0, 0.1) is 11.6 Å². The summed E-state index contributed by atoms with van der Waals surface area (Å²) in [4.78, 5) is 21.0. The van der Waals surface area contributed by atoms with Crippen molar-refractivity contribution in [2.45, 2.75) is 17.1 Å². The van der Waals surface area contributed by atoms with E-state index in [1.165, 1.54) is 7.05 Å². The van der Waals surface area contributed by atoms with Gasteiger partial charge < -0.3 is 10.4 Å². The molecule has 0 fully saturated rings. The molecule has 0 aliphatic carbocycles. The molecule has 0 spiro atoms. The molecule has 0 saturated carbocycles. The van der Waals surface area contributed by atoms with Crippen molar-refractivity contribution in [3.8, 4) is 0 Å². The second-order valence-electron chi connectivity index (χ2n) is 3.84. The van der Waals surface area contributed by atoms with Gasteiger partial charge in [0.2, 0.25) is 5.91 Å². The SMILES string of the molecule is CNC(=O)C(C)S(=O)(=O)c1ccc(F)c(C(=O)O)c1F.